The molecule has 0 heterocycles. The average molecular weight is 245 g/mol. The van der Waals surface area contributed by atoms with E-state index in [1.165, 1.54) is 5.56 Å². The van der Waals surface area contributed by atoms with Crippen LogP contribution in [0.15, 0.2) is 24.3 Å². The fourth-order valence-corrected chi connectivity index (χ4v) is 1.74. The van der Waals surface area contributed by atoms with Crippen LogP contribution in [-0.4, -0.2) is 12.1 Å². The number of ether oxygens (including phenoxy) is 1. The summed E-state index contributed by atoms with van der Waals surface area (Å²) in [5.74, 6) is 3.67. The van der Waals surface area contributed by atoms with Crippen LogP contribution in [0.3, 0.4) is 0 Å². The van der Waals surface area contributed by atoms with Gasteiger partial charge in [0.2, 0.25) is 0 Å². The number of benzene rings is 1. The van der Waals surface area contributed by atoms with Gasteiger partial charge in [-0.05, 0) is 44.9 Å². The third-order valence-electron chi connectivity index (χ3n) is 2.79. The zero-order valence-electron chi connectivity index (χ0n) is 11.8. The van der Waals surface area contributed by atoms with Crippen molar-refractivity contribution in [3.63, 3.8) is 0 Å². The molecule has 1 aromatic rings. The molecular formula is C16H23NO. The smallest absolute Gasteiger partial charge is 0.119 e. The quantitative estimate of drug-likeness (QED) is 0.774. The molecule has 0 aliphatic carbocycles. The highest BCUT2D eigenvalue weighted by Crippen LogP contribution is 2.19. The van der Waals surface area contributed by atoms with Crippen molar-refractivity contribution in [2.24, 2.45) is 0 Å². The van der Waals surface area contributed by atoms with Crippen LogP contribution in [0.4, 0.5) is 0 Å². The highest BCUT2D eigenvalue weighted by atomic mass is 16.5. The lowest BCUT2D eigenvalue weighted by atomic mass is 10.0. The van der Waals surface area contributed by atoms with Crippen molar-refractivity contribution in [2.75, 3.05) is 6.61 Å². The minimum Gasteiger partial charge on any atom is -0.494 e. The average Bonchev–Trinajstić information content (AvgIpc) is 2.36. The molecule has 0 aliphatic heterocycles. The summed E-state index contributed by atoms with van der Waals surface area (Å²) in [5, 5.41) is 3.41. The maximum absolute atomic E-state index is 5.56. The van der Waals surface area contributed by atoms with Crippen LogP contribution in [0.25, 0.3) is 0 Å². The van der Waals surface area contributed by atoms with Gasteiger partial charge in [-0.1, -0.05) is 25.0 Å². The van der Waals surface area contributed by atoms with Crippen molar-refractivity contribution in [3.8, 4) is 18.1 Å². The molecule has 1 unspecified atom stereocenters. The second-order valence-corrected chi connectivity index (χ2v) is 5.05. The zero-order valence-corrected chi connectivity index (χ0v) is 11.8. The Labute approximate surface area is 111 Å². The maximum Gasteiger partial charge on any atom is 0.119 e. The van der Waals surface area contributed by atoms with Crippen molar-refractivity contribution < 1.29 is 4.74 Å². The molecule has 98 valence electrons. The standard InChI is InChI=1S/C16H23NO/c1-6-12-18-15-10-8-14(9-11-15)13(3)17-16(4,5)7-2/h2,8-11,13,17H,6,12H2,1,3-5H3. The molecule has 1 atom stereocenters. The number of hydrogen-bond donors (Lipinski definition) is 1. The minimum atomic E-state index is -0.295. The summed E-state index contributed by atoms with van der Waals surface area (Å²) in [4.78, 5) is 0. The molecule has 1 aromatic carbocycles. The normalized spacial score (nSPS) is 12.8. The highest BCUT2D eigenvalue weighted by Gasteiger charge is 2.17. The molecule has 0 saturated carbocycles. The van der Waals surface area contributed by atoms with Gasteiger partial charge < -0.3 is 4.74 Å². The van der Waals surface area contributed by atoms with E-state index in [0.29, 0.717) is 0 Å². The van der Waals surface area contributed by atoms with E-state index in [9.17, 15) is 0 Å². The van der Waals surface area contributed by atoms with Crippen molar-refractivity contribution in [2.45, 2.75) is 45.7 Å². The first kappa shape index (κ1) is 14.6. The van der Waals surface area contributed by atoms with Gasteiger partial charge in [0.15, 0.2) is 0 Å². The molecule has 18 heavy (non-hydrogen) atoms. The summed E-state index contributed by atoms with van der Waals surface area (Å²) in [7, 11) is 0. The highest BCUT2D eigenvalue weighted by molar-refractivity contribution is 5.29. The van der Waals surface area contributed by atoms with Gasteiger partial charge in [-0.25, -0.2) is 0 Å². The third kappa shape index (κ3) is 4.43. The lowest BCUT2D eigenvalue weighted by Crippen LogP contribution is -2.39. The van der Waals surface area contributed by atoms with Gasteiger partial charge in [-0.2, -0.15) is 0 Å². The molecule has 0 saturated heterocycles. The number of nitrogens with one attached hydrogen (secondary N) is 1. The zero-order chi connectivity index (χ0) is 13.6. The van der Waals surface area contributed by atoms with Gasteiger partial charge >= 0.3 is 0 Å². The van der Waals surface area contributed by atoms with E-state index in [1.54, 1.807) is 0 Å². The molecule has 0 bridgehead atoms. The fourth-order valence-electron chi connectivity index (χ4n) is 1.74. The molecule has 0 aromatic heterocycles. The Bertz CT molecular complexity index is 400. The lowest BCUT2D eigenvalue weighted by Gasteiger charge is -2.25. The Hall–Kier alpha value is -1.46. The van der Waals surface area contributed by atoms with Gasteiger partial charge in [-0.3, -0.25) is 5.32 Å². The predicted octanol–water partition coefficient (Wildman–Crippen LogP) is 3.54. The molecule has 2 heteroatoms. The van der Waals surface area contributed by atoms with Crippen LogP contribution >= 0.6 is 0 Å². The van der Waals surface area contributed by atoms with Crippen LogP contribution < -0.4 is 10.1 Å². The summed E-state index contributed by atoms with van der Waals surface area (Å²) in [5.41, 5.74) is 0.916. The van der Waals surface area contributed by atoms with Crippen molar-refractivity contribution >= 4 is 0 Å². The molecule has 0 fully saturated rings. The third-order valence-corrected chi connectivity index (χ3v) is 2.79. The summed E-state index contributed by atoms with van der Waals surface area (Å²) < 4.78 is 5.56. The van der Waals surface area contributed by atoms with Gasteiger partial charge in [0.05, 0.1) is 12.1 Å². The molecule has 0 aliphatic rings. The minimum absolute atomic E-state index is 0.219. The predicted molar refractivity (Wildman–Crippen MR) is 76.7 cm³/mol. The Kier molecular flexibility index (Phi) is 5.25. The van der Waals surface area contributed by atoms with E-state index < -0.39 is 0 Å². The summed E-state index contributed by atoms with van der Waals surface area (Å²) in [6.45, 7) is 8.98. The van der Waals surface area contributed by atoms with Crippen LogP contribution in [-0.2, 0) is 0 Å². The summed E-state index contributed by atoms with van der Waals surface area (Å²) >= 11 is 0. The molecule has 0 amide bonds. The van der Waals surface area contributed by atoms with Gasteiger partial charge in [-0.15, -0.1) is 6.42 Å². The van der Waals surface area contributed by atoms with Crippen molar-refractivity contribution in [1.29, 1.82) is 0 Å². The lowest BCUT2D eigenvalue weighted by molar-refractivity contribution is 0.317. The monoisotopic (exact) mass is 245 g/mol. The first-order chi connectivity index (χ1) is 8.48. The van der Waals surface area contributed by atoms with Gasteiger partial charge in [0.25, 0.3) is 0 Å². The van der Waals surface area contributed by atoms with E-state index in [2.05, 4.69) is 37.2 Å². The molecule has 0 spiro atoms. The summed E-state index contributed by atoms with van der Waals surface area (Å²) in [6, 6.07) is 8.39. The molecule has 1 rings (SSSR count). The summed E-state index contributed by atoms with van der Waals surface area (Å²) in [6.07, 6.45) is 6.50. The molecule has 1 N–H and O–H groups in total. The van der Waals surface area contributed by atoms with E-state index >= 15 is 0 Å². The fraction of sp³-hybridized carbons (Fsp3) is 0.500. The molecular weight excluding hydrogens is 222 g/mol. The number of hydrogen-bond acceptors (Lipinski definition) is 2. The van der Waals surface area contributed by atoms with E-state index in [-0.39, 0.29) is 11.6 Å². The van der Waals surface area contributed by atoms with E-state index in [4.69, 9.17) is 11.2 Å². The van der Waals surface area contributed by atoms with Crippen molar-refractivity contribution in [1.82, 2.24) is 5.32 Å². The van der Waals surface area contributed by atoms with Gasteiger partial charge in [0, 0.05) is 6.04 Å². The molecule has 0 radical (unpaired) electrons. The number of rotatable bonds is 6. The van der Waals surface area contributed by atoms with Crippen LogP contribution in [0, 0.1) is 12.3 Å². The second kappa shape index (κ2) is 6.47. The Morgan fingerprint density at radius 2 is 1.94 bits per heavy atom. The molecule has 2 nitrogen and oxygen atoms in total. The first-order valence-electron chi connectivity index (χ1n) is 6.46. The van der Waals surface area contributed by atoms with Crippen molar-refractivity contribution in [3.05, 3.63) is 29.8 Å². The van der Waals surface area contributed by atoms with Crippen LogP contribution in [0.2, 0.25) is 0 Å². The van der Waals surface area contributed by atoms with E-state index in [0.717, 1.165) is 18.8 Å². The topological polar surface area (TPSA) is 21.3 Å². The Balaban J connectivity index is 2.65. The van der Waals surface area contributed by atoms with E-state index in [1.807, 2.05) is 26.0 Å². The Morgan fingerprint density at radius 3 is 2.44 bits per heavy atom. The first-order valence-corrected chi connectivity index (χ1v) is 6.46. The number of terminal acetylenes is 1. The largest absolute Gasteiger partial charge is 0.494 e. The van der Waals surface area contributed by atoms with Gasteiger partial charge in [0.1, 0.15) is 5.75 Å². The maximum atomic E-state index is 5.56. The SMILES string of the molecule is C#CC(C)(C)NC(C)c1ccc(OCCC)cc1. The Morgan fingerprint density at radius 1 is 1.33 bits per heavy atom. The van der Waals surface area contributed by atoms with Crippen LogP contribution in [0.5, 0.6) is 5.75 Å². The second-order valence-electron chi connectivity index (χ2n) is 5.05. The van der Waals surface area contributed by atoms with Crippen LogP contribution in [0.1, 0.15) is 45.7 Å².